The van der Waals surface area contributed by atoms with Gasteiger partial charge in [0.2, 0.25) is 0 Å². The minimum absolute atomic E-state index is 0.235. The van der Waals surface area contributed by atoms with E-state index in [0.717, 1.165) is 18.6 Å². The Kier molecular flexibility index (Phi) is 17.0. The molecule has 0 aromatic heterocycles. The van der Waals surface area contributed by atoms with E-state index in [2.05, 4.69) is 6.92 Å². The van der Waals surface area contributed by atoms with Crippen LogP contribution in [0.15, 0.2) is 0 Å². The molecule has 4 heteroatoms. The highest BCUT2D eigenvalue weighted by atomic mass is 32.2. The predicted molar refractivity (Wildman–Crippen MR) is 98.4 cm³/mol. The van der Waals surface area contributed by atoms with Crippen molar-refractivity contribution in [3.63, 3.8) is 0 Å². The third kappa shape index (κ3) is 14.7. The molecule has 0 aliphatic rings. The number of carbonyl (C=O) groups excluding carboxylic acids is 1. The Morgan fingerprint density at radius 1 is 0.955 bits per heavy atom. The summed E-state index contributed by atoms with van der Waals surface area (Å²) in [6.07, 6.45) is 17.1. The van der Waals surface area contributed by atoms with Crippen LogP contribution >= 0.6 is 11.8 Å². The van der Waals surface area contributed by atoms with Gasteiger partial charge in [-0.1, -0.05) is 71.1 Å². The van der Waals surface area contributed by atoms with Crippen LogP contribution in [0.4, 0.5) is 0 Å². The fourth-order valence-electron chi connectivity index (χ4n) is 2.41. The van der Waals surface area contributed by atoms with Gasteiger partial charge in [0, 0.05) is 0 Å². The van der Waals surface area contributed by atoms with E-state index in [1.807, 2.05) is 6.26 Å². The fraction of sp³-hybridized carbons (Fsp3) is 0.944. The van der Waals surface area contributed by atoms with Crippen molar-refractivity contribution in [2.24, 2.45) is 5.73 Å². The van der Waals surface area contributed by atoms with Gasteiger partial charge in [-0.05, 0) is 24.9 Å². The molecule has 2 N–H and O–H groups in total. The topological polar surface area (TPSA) is 52.3 Å². The van der Waals surface area contributed by atoms with Crippen LogP contribution in [0.25, 0.3) is 0 Å². The summed E-state index contributed by atoms with van der Waals surface area (Å²) >= 11 is 1.71. The van der Waals surface area contributed by atoms with Crippen molar-refractivity contribution in [3.05, 3.63) is 0 Å². The molecular formula is C18H37NO2S. The summed E-state index contributed by atoms with van der Waals surface area (Å²) in [5, 5.41) is 0. The predicted octanol–water partition coefficient (Wildman–Crippen LogP) is 4.92. The molecule has 0 aliphatic heterocycles. The fourth-order valence-corrected chi connectivity index (χ4v) is 2.90. The van der Waals surface area contributed by atoms with Crippen LogP contribution in [0.1, 0.15) is 84.0 Å². The SMILES string of the molecule is CCCCCCCCCCCCCOC(=O)C(N)CCSC. The Labute approximate surface area is 142 Å². The van der Waals surface area contributed by atoms with E-state index in [4.69, 9.17) is 10.5 Å². The van der Waals surface area contributed by atoms with E-state index in [1.54, 1.807) is 11.8 Å². The monoisotopic (exact) mass is 331 g/mol. The second kappa shape index (κ2) is 17.1. The number of rotatable bonds is 16. The lowest BCUT2D eigenvalue weighted by atomic mass is 10.1. The number of unbranched alkanes of at least 4 members (excludes halogenated alkanes) is 10. The molecule has 0 saturated heterocycles. The highest BCUT2D eigenvalue weighted by Gasteiger charge is 2.13. The van der Waals surface area contributed by atoms with Crippen LogP contribution in [-0.2, 0) is 9.53 Å². The summed E-state index contributed by atoms with van der Waals surface area (Å²) in [5.41, 5.74) is 5.75. The minimum Gasteiger partial charge on any atom is -0.465 e. The largest absolute Gasteiger partial charge is 0.465 e. The van der Waals surface area contributed by atoms with E-state index in [0.29, 0.717) is 13.0 Å². The van der Waals surface area contributed by atoms with Crippen LogP contribution in [0.5, 0.6) is 0 Å². The molecule has 1 unspecified atom stereocenters. The molecule has 0 spiro atoms. The maximum atomic E-state index is 11.6. The van der Waals surface area contributed by atoms with Crippen molar-refractivity contribution in [2.45, 2.75) is 90.0 Å². The molecule has 0 aromatic rings. The van der Waals surface area contributed by atoms with Crippen LogP contribution in [-0.4, -0.2) is 30.6 Å². The third-order valence-corrected chi connectivity index (χ3v) is 4.57. The van der Waals surface area contributed by atoms with Crippen molar-refractivity contribution in [2.75, 3.05) is 18.6 Å². The molecule has 0 rings (SSSR count). The number of nitrogens with two attached hydrogens (primary N) is 1. The molecular weight excluding hydrogens is 294 g/mol. The van der Waals surface area contributed by atoms with Gasteiger partial charge in [-0.2, -0.15) is 11.8 Å². The summed E-state index contributed by atoms with van der Waals surface area (Å²) in [4.78, 5) is 11.6. The number of esters is 1. The van der Waals surface area contributed by atoms with Gasteiger partial charge in [-0.25, -0.2) is 0 Å². The molecule has 0 aliphatic carbocycles. The quantitative estimate of drug-likeness (QED) is 0.322. The lowest BCUT2D eigenvalue weighted by Gasteiger charge is -2.10. The zero-order valence-electron chi connectivity index (χ0n) is 14.8. The molecule has 3 nitrogen and oxygen atoms in total. The second-order valence-electron chi connectivity index (χ2n) is 6.09. The van der Waals surface area contributed by atoms with Gasteiger partial charge < -0.3 is 10.5 Å². The van der Waals surface area contributed by atoms with Gasteiger partial charge in [-0.3, -0.25) is 4.79 Å². The first-order valence-corrected chi connectivity index (χ1v) is 10.5. The van der Waals surface area contributed by atoms with E-state index in [9.17, 15) is 4.79 Å². The Balaban J connectivity index is 3.21. The molecule has 0 aromatic carbocycles. The first kappa shape index (κ1) is 21.8. The van der Waals surface area contributed by atoms with Crippen LogP contribution in [0.2, 0.25) is 0 Å². The van der Waals surface area contributed by atoms with Gasteiger partial charge >= 0.3 is 5.97 Å². The number of carbonyl (C=O) groups is 1. The number of hydrogen-bond acceptors (Lipinski definition) is 4. The van der Waals surface area contributed by atoms with Gasteiger partial charge in [0.05, 0.1) is 6.61 Å². The van der Waals surface area contributed by atoms with Crippen molar-refractivity contribution in [3.8, 4) is 0 Å². The average Bonchev–Trinajstić information content (AvgIpc) is 2.53. The van der Waals surface area contributed by atoms with Crippen molar-refractivity contribution in [1.82, 2.24) is 0 Å². The zero-order chi connectivity index (χ0) is 16.5. The zero-order valence-corrected chi connectivity index (χ0v) is 15.6. The summed E-state index contributed by atoms with van der Waals surface area (Å²) in [6.45, 7) is 2.79. The summed E-state index contributed by atoms with van der Waals surface area (Å²) in [7, 11) is 0. The lowest BCUT2D eigenvalue weighted by molar-refractivity contribution is -0.145. The Morgan fingerprint density at radius 3 is 1.95 bits per heavy atom. The molecule has 0 fully saturated rings. The Hall–Kier alpha value is -0.220. The maximum Gasteiger partial charge on any atom is 0.322 e. The van der Waals surface area contributed by atoms with Gasteiger partial charge in [0.1, 0.15) is 6.04 Å². The molecule has 0 amide bonds. The normalized spacial score (nSPS) is 12.3. The first-order chi connectivity index (χ1) is 10.7. The average molecular weight is 332 g/mol. The van der Waals surface area contributed by atoms with Crippen LogP contribution in [0.3, 0.4) is 0 Å². The second-order valence-corrected chi connectivity index (χ2v) is 7.08. The maximum absolute atomic E-state index is 11.6. The van der Waals surface area contributed by atoms with Gasteiger partial charge in [-0.15, -0.1) is 0 Å². The molecule has 22 heavy (non-hydrogen) atoms. The van der Waals surface area contributed by atoms with Gasteiger partial charge in [0.15, 0.2) is 0 Å². The summed E-state index contributed by atoms with van der Waals surface area (Å²) in [6, 6.07) is -0.444. The first-order valence-electron chi connectivity index (χ1n) is 9.13. The van der Waals surface area contributed by atoms with E-state index in [-0.39, 0.29) is 5.97 Å². The molecule has 0 bridgehead atoms. The molecule has 1 atom stereocenters. The van der Waals surface area contributed by atoms with E-state index < -0.39 is 6.04 Å². The van der Waals surface area contributed by atoms with E-state index >= 15 is 0 Å². The minimum atomic E-state index is -0.444. The molecule has 0 saturated carbocycles. The number of hydrogen-bond donors (Lipinski definition) is 1. The van der Waals surface area contributed by atoms with Crippen molar-refractivity contribution < 1.29 is 9.53 Å². The van der Waals surface area contributed by atoms with Crippen LogP contribution < -0.4 is 5.73 Å². The van der Waals surface area contributed by atoms with E-state index in [1.165, 1.54) is 57.8 Å². The Bertz CT molecular complexity index is 249. The standard InChI is InChI=1S/C18H37NO2S/c1-3-4-5-6-7-8-9-10-11-12-13-15-21-18(20)17(19)14-16-22-2/h17H,3-16,19H2,1-2H3. The Morgan fingerprint density at radius 2 is 1.45 bits per heavy atom. The van der Waals surface area contributed by atoms with Crippen molar-refractivity contribution in [1.29, 1.82) is 0 Å². The summed E-state index contributed by atoms with van der Waals surface area (Å²) < 4.78 is 5.21. The van der Waals surface area contributed by atoms with Crippen molar-refractivity contribution >= 4 is 17.7 Å². The summed E-state index contributed by atoms with van der Waals surface area (Å²) in [5.74, 6) is 0.676. The molecule has 0 heterocycles. The highest BCUT2D eigenvalue weighted by molar-refractivity contribution is 7.98. The smallest absolute Gasteiger partial charge is 0.322 e. The number of thioether (sulfide) groups is 1. The van der Waals surface area contributed by atoms with Gasteiger partial charge in [0.25, 0.3) is 0 Å². The number of ether oxygens (including phenoxy) is 1. The highest BCUT2D eigenvalue weighted by Crippen LogP contribution is 2.11. The molecule has 0 radical (unpaired) electrons. The lowest BCUT2D eigenvalue weighted by Crippen LogP contribution is -2.33. The third-order valence-electron chi connectivity index (χ3n) is 3.93. The molecule has 132 valence electrons. The van der Waals surface area contributed by atoms with Crippen LogP contribution in [0, 0.1) is 0 Å².